The van der Waals surface area contributed by atoms with E-state index < -0.39 is 0 Å². The zero-order valence-electron chi connectivity index (χ0n) is 9.70. The maximum Gasteiger partial charge on any atom is 0.185 e. The molecule has 2 nitrogen and oxygen atoms in total. The highest BCUT2D eigenvalue weighted by atomic mass is 16.3. The van der Waals surface area contributed by atoms with Gasteiger partial charge in [0.2, 0.25) is 0 Å². The van der Waals surface area contributed by atoms with Gasteiger partial charge >= 0.3 is 0 Å². The molecule has 0 bridgehead atoms. The van der Waals surface area contributed by atoms with E-state index >= 15 is 0 Å². The topological polar surface area (TPSA) is 30.2 Å². The van der Waals surface area contributed by atoms with Gasteiger partial charge in [-0.2, -0.15) is 0 Å². The molecule has 2 aromatic rings. The fraction of sp³-hybridized carbons (Fsp3) is 0.214. The molecule has 2 heteroatoms. The Bertz CT molecular complexity index is 536. The average molecular weight is 214 g/mol. The van der Waals surface area contributed by atoms with E-state index in [4.69, 9.17) is 4.42 Å². The molecule has 0 aliphatic carbocycles. The van der Waals surface area contributed by atoms with Crippen LogP contribution in [-0.4, -0.2) is 6.29 Å². The van der Waals surface area contributed by atoms with Crippen molar-refractivity contribution in [3.05, 3.63) is 46.7 Å². The Balaban J connectivity index is 2.55. The second-order valence-electron chi connectivity index (χ2n) is 4.07. The summed E-state index contributed by atoms with van der Waals surface area (Å²) in [5.74, 6) is 1.12. The SMILES string of the molecule is Cc1cc(C)c(-c2ccc(C=O)o2)cc1C. The second-order valence-corrected chi connectivity index (χ2v) is 4.07. The van der Waals surface area contributed by atoms with Gasteiger partial charge in [-0.05, 0) is 55.7 Å². The summed E-state index contributed by atoms with van der Waals surface area (Å²) in [6, 6.07) is 7.75. The predicted molar refractivity (Wildman–Crippen MR) is 63.7 cm³/mol. The third kappa shape index (κ3) is 1.78. The molecule has 0 N–H and O–H groups in total. The monoisotopic (exact) mass is 214 g/mol. The number of hydrogen-bond acceptors (Lipinski definition) is 2. The van der Waals surface area contributed by atoms with Crippen LogP contribution in [0.4, 0.5) is 0 Å². The van der Waals surface area contributed by atoms with Gasteiger partial charge in [0.15, 0.2) is 12.0 Å². The number of furan rings is 1. The van der Waals surface area contributed by atoms with Gasteiger partial charge in [-0.1, -0.05) is 6.07 Å². The van der Waals surface area contributed by atoms with Crippen molar-refractivity contribution in [1.82, 2.24) is 0 Å². The molecule has 16 heavy (non-hydrogen) atoms. The largest absolute Gasteiger partial charge is 0.453 e. The van der Waals surface area contributed by atoms with Crippen LogP contribution in [0.25, 0.3) is 11.3 Å². The Hall–Kier alpha value is -1.83. The van der Waals surface area contributed by atoms with Crippen molar-refractivity contribution in [1.29, 1.82) is 0 Å². The third-order valence-electron chi connectivity index (χ3n) is 2.85. The number of rotatable bonds is 2. The van der Waals surface area contributed by atoms with E-state index in [0.717, 1.165) is 23.2 Å². The molecule has 0 amide bonds. The highest BCUT2D eigenvalue weighted by molar-refractivity contribution is 5.73. The maximum atomic E-state index is 10.6. The Labute approximate surface area is 94.9 Å². The molecular formula is C14H14O2. The van der Waals surface area contributed by atoms with Crippen molar-refractivity contribution >= 4 is 6.29 Å². The van der Waals surface area contributed by atoms with E-state index in [2.05, 4.69) is 26.0 Å². The zero-order valence-corrected chi connectivity index (χ0v) is 9.70. The lowest BCUT2D eigenvalue weighted by Gasteiger charge is -2.07. The van der Waals surface area contributed by atoms with Crippen molar-refractivity contribution < 1.29 is 9.21 Å². The van der Waals surface area contributed by atoms with Gasteiger partial charge in [0, 0.05) is 5.56 Å². The molecule has 0 saturated heterocycles. The number of hydrogen-bond donors (Lipinski definition) is 0. The van der Waals surface area contributed by atoms with Crippen LogP contribution in [0, 0.1) is 20.8 Å². The van der Waals surface area contributed by atoms with Crippen molar-refractivity contribution in [2.45, 2.75) is 20.8 Å². The van der Waals surface area contributed by atoms with Crippen LogP contribution in [0.15, 0.2) is 28.7 Å². The normalized spacial score (nSPS) is 10.4. The molecule has 0 spiro atoms. The first-order valence-corrected chi connectivity index (χ1v) is 5.25. The van der Waals surface area contributed by atoms with E-state index in [-0.39, 0.29) is 0 Å². The first kappa shape index (κ1) is 10.7. The summed E-state index contributed by atoms with van der Waals surface area (Å²) in [6.07, 6.45) is 0.722. The summed E-state index contributed by atoms with van der Waals surface area (Å²) in [7, 11) is 0. The van der Waals surface area contributed by atoms with Crippen LogP contribution < -0.4 is 0 Å². The standard InChI is InChI=1S/C14H14O2/c1-9-6-11(3)13(7-10(9)2)14-5-4-12(8-15)16-14/h4-8H,1-3H3. The Morgan fingerprint density at radius 3 is 2.31 bits per heavy atom. The van der Waals surface area contributed by atoms with Gasteiger partial charge in [0.05, 0.1) is 0 Å². The van der Waals surface area contributed by atoms with Crippen LogP contribution in [0.1, 0.15) is 27.2 Å². The van der Waals surface area contributed by atoms with Gasteiger partial charge in [-0.25, -0.2) is 0 Å². The smallest absolute Gasteiger partial charge is 0.185 e. The van der Waals surface area contributed by atoms with E-state index in [1.807, 2.05) is 13.0 Å². The van der Waals surface area contributed by atoms with Crippen LogP contribution in [0.5, 0.6) is 0 Å². The first-order valence-electron chi connectivity index (χ1n) is 5.25. The van der Waals surface area contributed by atoms with Gasteiger partial charge in [0.25, 0.3) is 0 Å². The third-order valence-corrected chi connectivity index (χ3v) is 2.85. The van der Waals surface area contributed by atoms with Gasteiger partial charge in [0.1, 0.15) is 5.76 Å². The molecule has 0 aliphatic heterocycles. The molecule has 1 heterocycles. The van der Waals surface area contributed by atoms with Crippen LogP contribution in [0.3, 0.4) is 0 Å². The molecule has 82 valence electrons. The van der Waals surface area contributed by atoms with Crippen LogP contribution >= 0.6 is 0 Å². The molecular weight excluding hydrogens is 200 g/mol. The van der Waals surface area contributed by atoms with E-state index in [1.165, 1.54) is 11.1 Å². The van der Waals surface area contributed by atoms with Crippen LogP contribution in [0.2, 0.25) is 0 Å². The maximum absolute atomic E-state index is 10.6. The van der Waals surface area contributed by atoms with Gasteiger partial charge in [-0.15, -0.1) is 0 Å². The molecule has 0 atom stereocenters. The van der Waals surface area contributed by atoms with Gasteiger partial charge in [-0.3, -0.25) is 4.79 Å². The fourth-order valence-electron chi connectivity index (χ4n) is 1.79. The lowest BCUT2D eigenvalue weighted by molar-refractivity contribution is 0.110. The summed E-state index contributed by atoms with van der Waals surface area (Å²) >= 11 is 0. The Kier molecular flexibility index (Phi) is 2.65. The molecule has 1 aromatic heterocycles. The Morgan fingerprint density at radius 2 is 1.69 bits per heavy atom. The predicted octanol–water partition coefficient (Wildman–Crippen LogP) is 3.68. The minimum absolute atomic E-state index is 0.368. The van der Waals surface area contributed by atoms with E-state index in [0.29, 0.717) is 5.76 Å². The lowest BCUT2D eigenvalue weighted by atomic mass is 9.99. The van der Waals surface area contributed by atoms with Crippen molar-refractivity contribution in [3.8, 4) is 11.3 Å². The van der Waals surface area contributed by atoms with E-state index in [9.17, 15) is 4.79 Å². The summed E-state index contributed by atoms with van der Waals surface area (Å²) in [6.45, 7) is 6.21. The van der Waals surface area contributed by atoms with E-state index in [1.54, 1.807) is 6.07 Å². The highest BCUT2D eigenvalue weighted by Crippen LogP contribution is 2.27. The molecule has 0 saturated carbocycles. The molecule has 0 unspecified atom stereocenters. The average Bonchev–Trinajstić information content (AvgIpc) is 2.71. The van der Waals surface area contributed by atoms with Crippen molar-refractivity contribution in [2.24, 2.45) is 0 Å². The Morgan fingerprint density at radius 1 is 1.00 bits per heavy atom. The number of carbonyl (C=O) groups excluding carboxylic acids is 1. The lowest BCUT2D eigenvalue weighted by Crippen LogP contribution is -1.87. The number of aryl methyl sites for hydroxylation is 3. The van der Waals surface area contributed by atoms with Crippen LogP contribution in [-0.2, 0) is 0 Å². The highest BCUT2D eigenvalue weighted by Gasteiger charge is 2.08. The molecule has 2 rings (SSSR count). The minimum atomic E-state index is 0.368. The number of aldehydes is 1. The summed E-state index contributed by atoms with van der Waals surface area (Å²) < 4.78 is 5.43. The fourth-order valence-corrected chi connectivity index (χ4v) is 1.79. The van der Waals surface area contributed by atoms with Crippen molar-refractivity contribution in [3.63, 3.8) is 0 Å². The number of carbonyl (C=O) groups is 1. The quantitative estimate of drug-likeness (QED) is 0.714. The molecule has 0 fully saturated rings. The minimum Gasteiger partial charge on any atom is -0.453 e. The molecule has 1 aromatic carbocycles. The van der Waals surface area contributed by atoms with Gasteiger partial charge < -0.3 is 4.42 Å². The number of benzene rings is 1. The van der Waals surface area contributed by atoms with Crippen molar-refractivity contribution in [2.75, 3.05) is 0 Å². The first-order chi connectivity index (χ1) is 7.61. The second kappa shape index (κ2) is 3.97. The summed E-state index contributed by atoms with van der Waals surface area (Å²) in [5, 5.41) is 0. The molecule has 0 radical (unpaired) electrons. The zero-order chi connectivity index (χ0) is 11.7. The summed E-state index contributed by atoms with van der Waals surface area (Å²) in [5.41, 5.74) is 4.71. The summed E-state index contributed by atoms with van der Waals surface area (Å²) in [4.78, 5) is 10.6. The molecule has 0 aliphatic rings.